The molecule has 6 nitrogen and oxygen atoms in total. The van der Waals surface area contributed by atoms with Crippen molar-refractivity contribution >= 4 is 5.91 Å². The molecule has 3 N–H and O–H groups in total. The molecule has 1 aromatic heterocycles. The Hall–Kier alpha value is -1.37. The lowest BCUT2D eigenvalue weighted by Crippen LogP contribution is -2.49. The molecule has 1 aliphatic rings. The van der Waals surface area contributed by atoms with Gasteiger partial charge in [-0.2, -0.15) is 0 Å². The average Bonchev–Trinajstić information content (AvgIpc) is 2.92. The second-order valence-electron chi connectivity index (χ2n) is 4.77. The van der Waals surface area contributed by atoms with E-state index in [1.165, 1.54) is 0 Å². The maximum atomic E-state index is 11.9. The van der Waals surface area contributed by atoms with Gasteiger partial charge in [-0.15, -0.1) is 0 Å². The van der Waals surface area contributed by atoms with E-state index in [1.54, 1.807) is 6.26 Å². The Morgan fingerprint density at radius 2 is 2.53 bits per heavy atom. The number of nitrogens with zero attached hydrogens (tertiary/aromatic N) is 1. The first-order valence-corrected chi connectivity index (χ1v) is 6.56. The molecule has 0 bridgehead atoms. The molecule has 19 heavy (non-hydrogen) atoms. The molecule has 1 aromatic rings. The van der Waals surface area contributed by atoms with Gasteiger partial charge in [0.25, 0.3) is 0 Å². The fourth-order valence-corrected chi connectivity index (χ4v) is 2.17. The molecule has 106 valence electrons. The predicted molar refractivity (Wildman–Crippen MR) is 70.5 cm³/mol. The molecule has 0 saturated carbocycles. The van der Waals surface area contributed by atoms with Gasteiger partial charge in [0.1, 0.15) is 5.76 Å². The SMILES string of the molecule is CC(NC(=O)CN1CCOC(CN)C1)c1ccco1. The van der Waals surface area contributed by atoms with Gasteiger partial charge < -0.3 is 20.2 Å². The van der Waals surface area contributed by atoms with Crippen molar-refractivity contribution in [1.82, 2.24) is 10.2 Å². The van der Waals surface area contributed by atoms with Crippen LogP contribution in [0.15, 0.2) is 22.8 Å². The molecule has 1 fully saturated rings. The van der Waals surface area contributed by atoms with Crippen LogP contribution in [-0.4, -0.2) is 49.7 Å². The number of nitrogens with two attached hydrogens (primary N) is 1. The van der Waals surface area contributed by atoms with Crippen LogP contribution in [0.3, 0.4) is 0 Å². The maximum Gasteiger partial charge on any atom is 0.234 e. The van der Waals surface area contributed by atoms with Crippen LogP contribution in [0, 0.1) is 0 Å². The van der Waals surface area contributed by atoms with Gasteiger partial charge in [0.05, 0.1) is 31.6 Å². The second-order valence-corrected chi connectivity index (χ2v) is 4.77. The molecule has 6 heteroatoms. The van der Waals surface area contributed by atoms with Crippen molar-refractivity contribution in [2.75, 3.05) is 32.8 Å². The number of hydrogen-bond acceptors (Lipinski definition) is 5. The van der Waals surface area contributed by atoms with Crippen molar-refractivity contribution in [3.05, 3.63) is 24.2 Å². The van der Waals surface area contributed by atoms with E-state index in [9.17, 15) is 4.79 Å². The Labute approximate surface area is 112 Å². The number of furan rings is 1. The Morgan fingerprint density at radius 1 is 1.68 bits per heavy atom. The number of carbonyl (C=O) groups excluding carboxylic acids is 1. The zero-order valence-corrected chi connectivity index (χ0v) is 11.2. The number of morpholine rings is 1. The van der Waals surface area contributed by atoms with Crippen molar-refractivity contribution in [1.29, 1.82) is 0 Å². The predicted octanol–water partition coefficient (Wildman–Crippen LogP) is 0.116. The van der Waals surface area contributed by atoms with Crippen molar-refractivity contribution in [2.24, 2.45) is 5.73 Å². The number of hydrogen-bond donors (Lipinski definition) is 2. The Kier molecular flexibility index (Phi) is 4.95. The molecule has 0 aromatic carbocycles. The summed E-state index contributed by atoms with van der Waals surface area (Å²) in [6.45, 7) is 4.85. The highest BCUT2D eigenvalue weighted by molar-refractivity contribution is 5.78. The zero-order chi connectivity index (χ0) is 13.7. The minimum atomic E-state index is -0.117. The smallest absolute Gasteiger partial charge is 0.234 e. The number of ether oxygens (including phenoxy) is 1. The topological polar surface area (TPSA) is 80.7 Å². The van der Waals surface area contributed by atoms with Crippen LogP contribution in [-0.2, 0) is 9.53 Å². The van der Waals surface area contributed by atoms with Gasteiger partial charge in [0, 0.05) is 19.6 Å². The monoisotopic (exact) mass is 267 g/mol. The Balaban J connectivity index is 1.77. The minimum Gasteiger partial charge on any atom is -0.467 e. The quantitative estimate of drug-likeness (QED) is 0.792. The minimum absolute atomic E-state index is 0.0124. The maximum absolute atomic E-state index is 11.9. The molecule has 0 spiro atoms. The van der Waals surface area contributed by atoms with Crippen molar-refractivity contribution in [3.8, 4) is 0 Å². The highest BCUT2D eigenvalue weighted by Gasteiger charge is 2.21. The van der Waals surface area contributed by atoms with Crippen LogP contribution in [0.1, 0.15) is 18.7 Å². The number of nitrogens with one attached hydrogen (secondary N) is 1. The van der Waals surface area contributed by atoms with Crippen molar-refractivity contribution < 1.29 is 13.9 Å². The van der Waals surface area contributed by atoms with Crippen LogP contribution in [0.25, 0.3) is 0 Å². The fraction of sp³-hybridized carbons (Fsp3) is 0.615. The van der Waals surface area contributed by atoms with Gasteiger partial charge in [-0.25, -0.2) is 0 Å². The lowest BCUT2D eigenvalue weighted by atomic mass is 10.2. The van der Waals surface area contributed by atoms with E-state index in [0.29, 0.717) is 26.2 Å². The third kappa shape index (κ3) is 4.05. The molecule has 1 amide bonds. The fourth-order valence-electron chi connectivity index (χ4n) is 2.17. The summed E-state index contributed by atoms with van der Waals surface area (Å²) in [5.41, 5.74) is 5.58. The van der Waals surface area contributed by atoms with Crippen molar-refractivity contribution in [3.63, 3.8) is 0 Å². The lowest BCUT2D eigenvalue weighted by Gasteiger charge is -2.31. The van der Waals surface area contributed by atoms with Gasteiger partial charge in [-0.1, -0.05) is 0 Å². The van der Waals surface area contributed by atoms with Crippen LogP contribution in [0.5, 0.6) is 0 Å². The van der Waals surface area contributed by atoms with Gasteiger partial charge in [0.2, 0.25) is 5.91 Å². The van der Waals surface area contributed by atoms with E-state index < -0.39 is 0 Å². The molecule has 2 atom stereocenters. The molecule has 0 radical (unpaired) electrons. The molecular weight excluding hydrogens is 246 g/mol. The summed E-state index contributed by atoms with van der Waals surface area (Å²) in [4.78, 5) is 14.0. The number of amides is 1. The molecule has 2 rings (SSSR count). The molecular formula is C13H21N3O3. The van der Waals surface area contributed by atoms with E-state index in [2.05, 4.69) is 10.2 Å². The standard InChI is InChI=1S/C13H21N3O3/c1-10(12-3-2-5-19-12)15-13(17)9-16-4-6-18-11(7-14)8-16/h2-3,5,10-11H,4,6-9,14H2,1H3,(H,15,17). The van der Waals surface area contributed by atoms with E-state index in [1.807, 2.05) is 19.1 Å². The summed E-state index contributed by atoms with van der Waals surface area (Å²) in [5.74, 6) is 0.747. The molecule has 1 aliphatic heterocycles. The third-order valence-corrected chi connectivity index (χ3v) is 3.20. The highest BCUT2D eigenvalue weighted by atomic mass is 16.5. The molecule has 2 unspecified atom stereocenters. The third-order valence-electron chi connectivity index (χ3n) is 3.20. The first-order chi connectivity index (χ1) is 9.19. The van der Waals surface area contributed by atoms with Crippen LogP contribution in [0.2, 0.25) is 0 Å². The van der Waals surface area contributed by atoms with Gasteiger partial charge in [0.15, 0.2) is 0 Å². The average molecular weight is 267 g/mol. The summed E-state index contributed by atoms with van der Waals surface area (Å²) >= 11 is 0. The summed E-state index contributed by atoms with van der Waals surface area (Å²) in [7, 11) is 0. The summed E-state index contributed by atoms with van der Waals surface area (Å²) in [6.07, 6.45) is 1.63. The first kappa shape index (κ1) is 14.0. The Bertz CT molecular complexity index is 394. The largest absolute Gasteiger partial charge is 0.467 e. The van der Waals surface area contributed by atoms with E-state index >= 15 is 0 Å². The van der Waals surface area contributed by atoms with Gasteiger partial charge in [-0.05, 0) is 19.1 Å². The second kappa shape index (κ2) is 6.70. The van der Waals surface area contributed by atoms with E-state index in [4.69, 9.17) is 14.9 Å². The van der Waals surface area contributed by atoms with Gasteiger partial charge in [-0.3, -0.25) is 9.69 Å². The summed E-state index contributed by atoms with van der Waals surface area (Å²) in [5, 5.41) is 2.92. The van der Waals surface area contributed by atoms with Crippen LogP contribution in [0.4, 0.5) is 0 Å². The van der Waals surface area contributed by atoms with Crippen LogP contribution < -0.4 is 11.1 Å². The summed E-state index contributed by atoms with van der Waals surface area (Å²) in [6, 6.07) is 3.55. The lowest BCUT2D eigenvalue weighted by molar-refractivity contribution is -0.124. The van der Waals surface area contributed by atoms with Crippen LogP contribution >= 0.6 is 0 Å². The van der Waals surface area contributed by atoms with Gasteiger partial charge >= 0.3 is 0 Å². The zero-order valence-electron chi connectivity index (χ0n) is 11.2. The number of carbonyl (C=O) groups is 1. The van der Waals surface area contributed by atoms with E-state index in [-0.39, 0.29) is 18.1 Å². The first-order valence-electron chi connectivity index (χ1n) is 6.56. The molecule has 0 aliphatic carbocycles. The molecule has 1 saturated heterocycles. The van der Waals surface area contributed by atoms with Crippen molar-refractivity contribution in [2.45, 2.75) is 19.1 Å². The molecule has 2 heterocycles. The summed E-state index contributed by atoms with van der Waals surface area (Å²) < 4.78 is 10.7. The normalized spacial score (nSPS) is 22.1. The number of rotatable bonds is 5. The Morgan fingerprint density at radius 3 is 3.21 bits per heavy atom. The van der Waals surface area contributed by atoms with E-state index in [0.717, 1.165) is 12.3 Å². The highest BCUT2D eigenvalue weighted by Crippen LogP contribution is 2.12.